The van der Waals surface area contributed by atoms with Crippen molar-refractivity contribution in [2.45, 2.75) is 25.7 Å². The molecule has 0 rings (SSSR count). The third kappa shape index (κ3) is 4.79. The maximum atomic E-state index is 11.6. The van der Waals surface area contributed by atoms with Gasteiger partial charge < -0.3 is 0 Å². The van der Waals surface area contributed by atoms with E-state index < -0.39 is 30.7 Å². The molecule has 0 aliphatic heterocycles. The molecule has 0 bridgehead atoms. The van der Waals surface area contributed by atoms with Crippen molar-refractivity contribution in [3.63, 3.8) is 0 Å². The Labute approximate surface area is 80.5 Å². The average molecular weight is 206 g/mol. The van der Waals surface area contributed by atoms with Crippen molar-refractivity contribution in [1.29, 1.82) is 0 Å². The van der Waals surface area contributed by atoms with E-state index in [4.69, 9.17) is 0 Å². The Balaban J connectivity index is 3.92. The zero-order valence-electron chi connectivity index (χ0n) is 7.72. The van der Waals surface area contributed by atoms with E-state index >= 15 is 0 Å². The van der Waals surface area contributed by atoms with Gasteiger partial charge in [-0.3, -0.25) is 23.2 Å². The van der Waals surface area contributed by atoms with Crippen molar-refractivity contribution >= 4 is 17.3 Å². The Morgan fingerprint density at radius 1 is 0.786 bits per heavy atom. The quantitative estimate of drug-likeness (QED) is 0.443. The molecule has 0 radical (unpaired) electrons. The molecule has 5 heteroatoms. The van der Waals surface area contributed by atoms with Gasteiger partial charge in [0.15, 0.2) is 0 Å². The maximum absolute atomic E-state index is 11.6. The van der Waals surface area contributed by atoms with Gasteiger partial charge in [0.25, 0.3) is 5.78 Å². The predicted molar refractivity (Wildman–Crippen MR) is 45.4 cm³/mol. The van der Waals surface area contributed by atoms with Crippen LogP contribution >= 0.6 is 0 Å². The topological polar surface area (TPSA) is 51.2 Å². The lowest BCUT2D eigenvalue weighted by atomic mass is 10.1. The first-order valence-electron chi connectivity index (χ1n) is 4.35. The van der Waals surface area contributed by atoms with Gasteiger partial charge in [-0.2, -0.15) is 0 Å². The third-order valence-corrected chi connectivity index (χ3v) is 1.58. The highest BCUT2D eigenvalue weighted by molar-refractivity contribution is 6.63. The summed E-state index contributed by atoms with van der Waals surface area (Å²) in [6.45, 7) is -1.39. The molecule has 0 atom stereocenters. The molecule has 0 aliphatic rings. The molecule has 0 heterocycles. The van der Waals surface area contributed by atoms with Crippen LogP contribution in [-0.2, 0) is 14.4 Å². The number of rotatable bonds is 8. The lowest BCUT2D eigenvalue weighted by Gasteiger charge is -1.96. The van der Waals surface area contributed by atoms with E-state index in [1.54, 1.807) is 0 Å². The molecular formula is C9H12F2O3. The van der Waals surface area contributed by atoms with E-state index in [-0.39, 0.29) is 25.7 Å². The van der Waals surface area contributed by atoms with Crippen LogP contribution in [0.1, 0.15) is 25.7 Å². The van der Waals surface area contributed by atoms with Crippen LogP contribution < -0.4 is 0 Å². The summed E-state index contributed by atoms with van der Waals surface area (Å²) < 4.78 is 23.2. The summed E-state index contributed by atoms with van der Waals surface area (Å²) in [6, 6.07) is 0. The van der Waals surface area contributed by atoms with Crippen LogP contribution in [0.15, 0.2) is 0 Å². The number of carbonyl (C=O) groups is 3. The van der Waals surface area contributed by atoms with Crippen molar-refractivity contribution in [1.82, 2.24) is 0 Å². The molecule has 0 fully saturated rings. The van der Waals surface area contributed by atoms with Crippen LogP contribution in [0.3, 0.4) is 0 Å². The van der Waals surface area contributed by atoms with Crippen LogP contribution in [0.5, 0.6) is 0 Å². The molecule has 0 unspecified atom stereocenters. The highest BCUT2D eigenvalue weighted by Crippen LogP contribution is 1.98. The summed E-state index contributed by atoms with van der Waals surface area (Å²) in [4.78, 5) is 32.7. The highest BCUT2D eigenvalue weighted by atomic mass is 19.1. The minimum Gasteiger partial charge on any atom is -0.290 e. The standard InChI is InChI=1S/C9H12F2O3/c10-5-1-3-7(12)9(14)8(13)4-2-6-11/h1-6H2. The summed E-state index contributed by atoms with van der Waals surface area (Å²) in [5, 5.41) is 0. The monoisotopic (exact) mass is 206 g/mol. The number of alkyl halides is 2. The van der Waals surface area contributed by atoms with E-state index in [1.807, 2.05) is 0 Å². The fourth-order valence-corrected chi connectivity index (χ4v) is 0.837. The molecule has 3 nitrogen and oxygen atoms in total. The number of ketones is 3. The smallest absolute Gasteiger partial charge is 0.264 e. The number of hydrogen-bond donors (Lipinski definition) is 0. The lowest BCUT2D eigenvalue weighted by molar-refractivity contribution is -0.144. The second kappa shape index (κ2) is 7.29. The van der Waals surface area contributed by atoms with Gasteiger partial charge in [-0.25, -0.2) is 0 Å². The van der Waals surface area contributed by atoms with Crippen LogP contribution in [0.4, 0.5) is 8.78 Å². The summed E-state index contributed by atoms with van der Waals surface area (Å²) in [7, 11) is 0. The molecule has 0 aromatic rings. The molecule has 0 aliphatic carbocycles. The van der Waals surface area contributed by atoms with Gasteiger partial charge >= 0.3 is 0 Å². The Bertz CT molecular complexity index is 204. The molecular weight excluding hydrogens is 194 g/mol. The normalized spacial score (nSPS) is 9.86. The molecule has 0 spiro atoms. The van der Waals surface area contributed by atoms with Gasteiger partial charge in [0.2, 0.25) is 11.6 Å². The molecule has 0 saturated carbocycles. The Morgan fingerprint density at radius 3 is 1.43 bits per heavy atom. The molecule has 0 aromatic carbocycles. The minimum atomic E-state index is -1.13. The molecule has 14 heavy (non-hydrogen) atoms. The Hall–Kier alpha value is -1.13. The molecule has 0 amide bonds. The molecule has 0 N–H and O–H groups in total. The summed E-state index contributed by atoms with van der Waals surface area (Å²) in [5.74, 6) is -2.90. The first kappa shape index (κ1) is 12.9. The van der Waals surface area contributed by atoms with Crippen LogP contribution in [0, 0.1) is 0 Å². The third-order valence-electron chi connectivity index (χ3n) is 1.58. The van der Waals surface area contributed by atoms with E-state index in [2.05, 4.69) is 0 Å². The van der Waals surface area contributed by atoms with Crippen LogP contribution in [0.2, 0.25) is 0 Å². The predicted octanol–water partition coefficient (Wildman–Crippen LogP) is 1.19. The maximum Gasteiger partial charge on any atom is 0.264 e. The Morgan fingerprint density at radius 2 is 1.14 bits per heavy atom. The number of Topliss-reactive ketones (excluding diaryl/α,β-unsaturated/α-hetero) is 3. The number of hydrogen-bond acceptors (Lipinski definition) is 3. The van der Waals surface area contributed by atoms with Crippen molar-refractivity contribution < 1.29 is 23.2 Å². The molecule has 80 valence electrons. The number of halogens is 2. The second-order valence-corrected chi connectivity index (χ2v) is 2.76. The summed E-state index contributed by atoms with van der Waals surface area (Å²) in [6.07, 6.45) is -0.616. The van der Waals surface area contributed by atoms with Crippen molar-refractivity contribution in [2.75, 3.05) is 13.3 Å². The zero-order valence-corrected chi connectivity index (χ0v) is 7.72. The SMILES string of the molecule is O=C(CCCF)C(=O)C(=O)CCCF. The summed E-state index contributed by atoms with van der Waals surface area (Å²) in [5.41, 5.74) is 0. The van der Waals surface area contributed by atoms with Gasteiger partial charge in [0, 0.05) is 12.8 Å². The summed E-state index contributed by atoms with van der Waals surface area (Å²) >= 11 is 0. The van der Waals surface area contributed by atoms with E-state index in [9.17, 15) is 23.2 Å². The zero-order chi connectivity index (χ0) is 11.0. The number of carbonyl (C=O) groups excluding carboxylic acids is 3. The van der Waals surface area contributed by atoms with Gasteiger partial charge in [0.1, 0.15) is 0 Å². The van der Waals surface area contributed by atoms with Crippen molar-refractivity contribution in [3.8, 4) is 0 Å². The van der Waals surface area contributed by atoms with E-state index in [0.29, 0.717) is 0 Å². The Kier molecular flexibility index (Phi) is 6.70. The van der Waals surface area contributed by atoms with E-state index in [1.165, 1.54) is 0 Å². The first-order chi connectivity index (χ1) is 6.63. The van der Waals surface area contributed by atoms with Crippen LogP contribution in [0.25, 0.3) is 0 Å². The van der Waals surface area contributed by atoms with Crippen LogP contribution in [-0.4, -0.2) is 30.7 Å². The van der Waals surface area contributed by atoms with Gasteiger partial charge in [-0.1, -0.05) is 0 Å². The van der Waals surface area contributed by atoms with Gasteiger partial charge in [-0.15, -0.1) is 0 Å². The van der Waals surface area contributed by atoms with Crippen molar-refractivity contribution in [3.05, 3.63) is 0 Å². The highest BCUT2D eigenvalue weighted by Gasteiger charge is 2.20. The van der Waals surface area contributed by atoms with Gasteiger partial charge in [0.05, 0.1) is 13.3 Å². The van der Waals surface area contributed by atoms with Crippen molar-refractivity contribution in [2.24, 2.45) is 0 Å². The lowest BCUT2D eigenvalue weighted by Crippen LogP contribution is -2.23. The molecule has 0 saturated heterocycles. The van der Waals surface area contributed by atoms with E-state index in [0.717, 1.165) is 0 Å². The van der Waals surface area contributed by atoms with Gasteiger partial charge in [-0.05, 0) is 12.8 Å². The average Bonchev–Trinajstić information content (AvgIpc) is 2.21. The minimum absolute atomic E-state index is 0.0546. The largest absolute Gasteiger partial charge is 0.290 e. The first-order valence-corrected chi connectivity index (χ1v) is 4.35. The second-order valence-electron chi connectivity index (χ2n) is 2.76. The fraction of sp³-hybridized carbons (Fsp3) is 0.667. The molecule has 0 aromatic heterocycles. The fourth-order valence-electron chi connectivity index (χ4n) is 0.837.